The molecule has 16 heavy (non-hydrogen) atoms. The molecule has 0 bridgehead atoms. The first kappa shape index (κ1) is 13.5. The molecular formula is C14H26O2. The number of carbonyl (C=O) groups is 1. The third-order valence-electron chi connectivity index (χ3n) is 4.47. The van der Waals surface area contributed by atoms with Crippen molar-refractivity contribution in [1.29, 1.82) is 0 Å². The average molecular weight is 226 g/mol. The molecule has 2 nitrogen and oxygen atoms in total. The van der Waals surface area contributed by atoms with Crippen LogP contribution in [0.2, 0.25) is 0 Å². The molecule has 1 saturated carbocycles. The zero-order valence-electron chi connectivity index (χ0n) is 11.8. The van der Waals surface area contributed by atoms with E-state index in [1.807, 2.05) is 0 Å². The first-order chi connectivity index (χ1) is 7.08. The fourth-order valence-electron chi connectivity index (χ4n) is 3.57. The Hall–Kier alpha value is -0.530. The van der Waals surface area contributed by atoms with Gasteiger partial charge in [-0.3, -0.25) is 4.79 Å². The number of carbonyl (C=O) groups excluding carboxylic acids is 1. The van der Waals surface area contributed by atoms with Crippen molar-refractivity contribution in [2.45, 2.75) is 61.0 Å². The highest BCUT2D eigenvalue weighted by molar-refractivity contribution is 5.66. The van der Waals surface area contributed by atoms with Crippen LogP contribution in [-0.2, 0) is 9.53 Å². The molecule has 1 aliphatic carbocycles. The van der Waals surface area contributed by atoms with E-state index in [1.165, 1.54) is 6.92 Å². The molecule has 0 aromatic carbocycles. The van der Waals surface area contributed by atoms with E-state index in [0.29, 0.717) is 17.3 Å². The summed E-state index contributed by atoms with van der Waals surface area (Å²) in [4.78, 5) is 11.2. The molecule has 0 aliphatic heterocycles. The number of hydrogen-bond acceptors (Lipinski definition) is 2. The highest BCUT2D eigenvalue weighted by Crippen LogP contribution is 2.52. The molecule has 1 aliphatic rings. The van der Waals surface area contributed by atoms with Gasteiger partial charge in [0.15, 0.2) is 0 Å². The normalized spacial score (nSPS) is 36.8. The van der Waals surface area contributed by atoms with Crippen LogP contribution >= 0.6 is 0 Å². The van der Waals surface area contributed by atoms with Crippen molar-refractivity contribution >= 4 is 5.97 Å². The van der Waals surface area contributed by atoms with Crippen molar-refractivity contribution in [3.05, 3.63) is 0 Å². The monoisotopic (exact) mass is 226 g/mol. The SMILES string of the molecule is CC(=O)OC1C(C)C(C)C(C)(C)CC1(C)C. The maximum atomic E-state index is 11.2. The third-order valence-corrected chi connectivity index (χ3v) is 4.47. The molecular weight excluding hydrogens is 200 g/mol. The van der Waals surface area contributed by atoms with E-state index < -0.39 is 0 Å². The molecule has 0 saturated heterocycles. The molecule has 94 valence electrons. The lowest BCUT2D eigenvalue weighted by Crippen LogP contribution is -2.51. The summed E-state index contributed by atoms with van der Waals surface area (Å²) < 4.78 is 5.54. The van der Waals surface area contributed by atoms with Crippen molar-refractivity contribution in [3.63, 3.8) is 0 Å². The lowest BCUT2D eigenvalue weighted by Gasteiger charge is -2.53. The molecule has 0 spiro atoms. The van der Waals surface area contributed by atoms with E-state index in [4.69, 9.17) is 4.74 Å². The Labute approximate surface area is 99.8 Å². The van der Waals surface area contributed by atoms with Crippen LogP contribution in [0.4, 0.5) is 0 Å². The maximum absolute atomic E-state index is 11.2. The van der Waals surface area contributed by atoms with Crippen LogP contribution < -0.4 is 0 Å². The Bertz CT molecular complexity index is 278. The second-order valence-corrected chi connectivity index (χ2v) is 6.83. The van der Waals surface area contributed by atoms with Gasteiger partial charge in [-0.15, -0.1) is 0 Å². The fourth-order valence-corrected chi connectivity index (χ4v) is 3.57. The van der Waals surface area contributed by atoms with E-state index in [1.54, 1.807) is 0 Å². The smallest absolute Gasteiger partial charge is 0.302 e. The minimum absolute atomic E-state index is 0.0491. The molecule has 0 heterocycles. The van der Waals surface area contributed by atoms with Gasteiger partial charge < -0.3 is 4.74 Å². The summed E-state index contributed by atoms with van der Waals surface area (Å²) in [6, 6.07) is 0. The van der Waals surface area contributed by atoms with Gasteiger partial charge in [0, 0.05) is 12.3 Å². The standard InChI is InChI=1S/C14H26O2/c1-9-10(2)13(4,5)8-14(6,7)12(9)16-11(3)15/h9-10,12H,8H2,1-7H3. The lowest BCUT2D eigenvalue weighted by atomic mass is 9.55. The van der Waals surface area contributed by atoms with E-state index in [9.17, 15) is 4.79 Å². The van der Waals surface area contributed by atoms with Gasteiger partial charge in [0.05, 0.1) is 0 Å². The fraction of sp³-hybridized carbons (Fsp3) is 0.929. The minimum atomic E-state index is -0.156. The molecule has 3 unspecified atom stereocenters. The predicted octanol–water partition coefficient (Wildman–Crippen LogP) is 3.65. The van der Waals surface area contributed by atoms with Crippen LogP contribution in [0, 0.1) is 22.7 Å². The molecule has 2 heteroatoms. The number of hydrogen-bond donors (Lipinski definition) is 0. The Kier molecular flexibility index (Phi) is 3.42. The first-order valence-electron chi connectivity index (χ1n) is 6.25. The highest BCUT2D eigenvalue weighted by Gasteiger charge is 2.50. The first-order valence-corrected chi connectivity index (χ1v) is 6.25. The lowest BCUT2D eigenvalue weighted by molar-refractivity contribution is -0.172. The quantitative estimate of drug-likeness (QED) is 0.638. The van der Waals surface area contributed by atoms with Gasteiger partial charge in [0.1, 0.15) is 6.10 Å². The summed E-state index contributed by atoms with van der Waals surface area (Å²) in [5, 5.41) is 0. The number of rotatable bonds is 1. The van der Waals surface area contributed by atoms with E-state index >= 15 is 0 Å². The molecule has 1 fully saturated rings. The molecule has 1 rings (SSSR count). The zero-order chi connectivity index (χ0) is 12.7. The van der Waals surface area contributed by atoms with Crippen LogP contribution in [0.5, 0.6) is 0 Å². The highest BCUT2D eigenvalue weighted by atomic mass is 16.5. The summed E-state index contributed by atoms with van der Waals surface area (Å²) in [6.07, 6.45) is 1.15. The van der Waals surface area contributed by atoms with Gasteiger partial charge in [0.25, 0.3) is 0 Å². The Morgan fingerprint density at radius 3 is 2.06 bits per heavy atom. The van der Waals surface area contributed by atoms with E-state index in [2.05, 4.69) is 41.5 Å². The second kappa shape index (κ2) is 4.05. The number of ether oxygens (including phenoxy) is 1. The molecule has 0 aromatic rings. The number of esters is 1. The molecule has 0 amide bonds. The third kappa shape index (κ3) is 2.41. The molecule has 0 aromatic heterocycles. The van der Waals surface area contributed by atoms with Crippen molar-refractivity contribution in [2.24, 2.45) is 22.7 Å². The summed E-state index contributed by atoms with van der Waals surface area (Å²) >= 11 is 0. The van der Waals surface area contributed by atoms with Crippen LogP contribution in [0.15, 0.2) is 0 Å². The average Bonchev–Trinajstić information content (AvgIpc) is 2.07. The van der Waals surface area contributed by atoms with Crippen LogP contribution in [-0.4, -0.2) is 12.1 Å². The largest absolute Gasteiger partial charge is 0.462 e. The van der Waals surface area contributed by atoms with Gasteiger partial charge in [-0.1, -0.05) is 41.5 Å². The van der Waals surface area contributed by atoms with Crippen molar-refractivity contribution in [2.75, 3.05) is 0 Å². The Balaban J connectivity index is 2.97. The summed E-state index contributed by atoms with van der Waals surface area (Å²) in [7, 11) is 0. The zero-order valence-corrected chi connectivity index (χ0v) is 11.8. The topological polar surface area (TPSA) is 26.3 Å². The second-order valence-electron chi connectivity index (χ2n) is 6.83. The molecule has 3 atom stereocenters. The van der Waals surface area contributed by atoms with Gasteiger partial charge in [-0.05, 0) is 23.7 Å². The minimum Gasteiger partial charge on any atom is -0.462 e. The van der Waals surface area contributed by atoms with E-state index in [0.717, 1.165) is 6.42 Å². The predicted molar refractivity (Wildman–Crippen MR) is 66.1 cm³/mol. The van der Waals surface area contributed by atoms with Crippen molar-refractivity contribution in [1.82, 2.24) is 0 Å². The van der Waals surface area contributed by atoms with Crippen LogP contribution in [0.25, 0.3) is 0 Å². The summed E-state index contributed by atoms with van der Waals surface area (Å²) in [6.45, 7) is 15.1. The van der Waals surface area contributed by atoms with Crippen molar-refractivity contribution < 1.29 is 9.53 Å². The Morgan fingerprint density at radius 1 is 1.12 bits per heavy atom. The molecule has 0 N–H and O–H groups in total. The van der Waals surface area contributed by atoms with Crippen molar-refractivity contribution in [3.8, 4) is 0 Å². The van der Waals surface area contributed by atoms with Gasteiger partial charge in [0.2, 0.25) is 0 Å². The van der Waals surface area contributed by atoms with E-state index in [-0.39, 0.29) is 17.5 Å². The summed E-state index contributed by atoms with van der Waals surface area (Å²) in [5.74, 6) is 0.837. The summed E-state index contributed by atoms with van der Waals surface area (Å²) in [5.41, 5.74) is 0.390. The van der Waals surface area contributed by atoms with Crippen LogP contribution in [0.1, 0.15) is 54.9 Å². The van der Waals surface area contributed by atoms with Gasteiger partial charge in [-0.25, -0.2) is 0 Å². The Morgan fingerprint density at radius 2 is 1.62 bits per heavy atom. The van der Waals surface area contributed by atoms with Gasteiger partial charge >= 0.3 is 5.97 Å². The van der Waals surface area contributed by atoms with Gasteiger partial charge in [-0.2, -0.15) is 0 Å². The van der Waals surface area contributed by atoms with Crippen LogP contribution in [0.3, 0.4) is 0 Å². The molecule has 0 radical (unpaired) electrons. The maximum Gasteiger partial charge on any atom is 0.302 e.